The van der Waals surface area contributed by atoms with Crippen LogP contribution in [0.5, 0.6) is 0 Å². The number of halogens is 2. The Hall–Kier alpha value is -2.54. The van der Waals surface area contributed by atoms with Crippen molar-refractivity contribution in [3.63, 3.8) is 0 Å². The van der Waals surface area contributed by atoms with Crippen molar-refractivity contribution in [2.45, 2.75) is 5.75 Å². The van der Waals surface area contributed by atoms with E-state index in [1.54, 1.807) is 42.5 Å². The van der Waals surface area contributed by atoms with Crippen molar-refractivity contribution in [3.05, 3.63) is 82.5 Å². The van der Waals surface area contributed by atoms with E-state index >= 15 is 0 Å². The molecule has 0 aliphatic rings. The Kier molecular flexibility index (Phi) is 5.76. The zero-order valence-electron chi connectivity index (χ0n) is 15.4. The van der Waals surface area contributed by atoms with Gasteiger partial charge in [-0.2, -0.15) is 11.8 Å². The van der Waals surface area contributed by atoms with Crippen LogP contribution in [0.15, 0.2) is 61.3 Å². The highest BCUT2D eigenvalue weighted by Gasteiger charge is 2.18. The molecule has 146 valence electrons. The number of para-hydroxylation sites is 1. The van der Waals surface area contributed by atoms with Crippen LogP contribution in [0.2, 0.25) is 10.0 Å². The van der Waals surface area contributed by atoms with Gasteiger partial charge in [-0.3, -0.25) is 9.78 Å². The lowest BCUT2D eigenvalue weighted by Crippen LogP contribution is -2.14. The minimum atomic E-state index is -0.382. The molecule has 0 saturated heterocycles. The minimum absolute atomic E-state index is 0.238. The number of anilines is 1. The van der Waals surface area contributed by atoms with Crippen molar-refractivity contribution in [1.82, 2.24) is 14.5 Å². The van der Waals surface area contributed by atoms with Gasteiger partial charge in [0.25, 0.3) is 5.91 Å². The number of hydrogen-bond donors (Lipinski definition) is 1. The van der Waals surface area contributed by atoms with Gasteiger partial charge >= 0.3 is 0 Å². The molecule has 0 aliphatic heterocycles. The van der Waals surface area contributed by atoms with E-state index in [9.17, 15) is 4.79 Å². The number of aromatic nitrogens is 3. The van der Waals surface area contributed by atoms with E-state index < -0.39 is 0 Å². The van der Waals surface area contributed by atoms with Gasteiger partial charge in [0, 0.05) is 35.3 Å². The van der Waals surface area contributed by atoms with Gasteiger partial charge in [-0.1, -0.05) is 41.4 Å². The van der Waals surface area contributed by atoms with Gasteiger partial charge in [0.2, 0.25) is 0 Å². The van der Waals surface area contributed by atoms with Gasteiger partial charge in [-0.25, -0.2) is 4.98 Å². The van der Waals surface area contributed by atoms with Crippen LogP contribution >= 0.6 is 35.0 Å². The lowest BCUT2D eigenvalue weighted by atomic mass is 10.1. The summed E-state index contributed by atoms with van der Waals surface area (Å²) < 4.78 is 1.96. The molecule has 0 aliphatic carbocycles. The number of nitrogens with one attached hydrogen (secondary N) is 1. The van der Waals surface area contributed by atoms with E-state index in [-0.39, 0.29) is 11.5 Å². The molecule has 4 aromatic rings. The Morgan fingerprint density at radius 1 is 1.17 bits per heavy atom. The maximum Gasteiger partial charge on any atom is 0.258 e. The second kappa shape index (κ2) is 8.45. The highest BCUT2D eigenvalue weighted by Crippen LogP contribution is 2.32. The van der Waals surface area contributed by atoms with Crippen LogP contribution in [0.1, 0.15) is 15.9 Å². The maximum atomic E-state index is 12.9. The summed E-state index contributed by atoms with van der Waals surface area (Å²) in [5, 5.41) is 4.41. The van der Waals surface area contributed by atoms with E-state index in [1.807, 2.05) is 41.4 Å². The summed E-state index contributed by atoms with van der Waals surface area (Å²) in [4.78, 5) is 21.7. The Labute approximate surface area is 182 Å². The molecule has 2 aromatic carbocycles. The summed E-state index contributed by atoms with van der Waals surface area (Å²) in [5.74, 6) is 0.426. The number of carbonyl (C=O) groups is 1. The lowest BCUT2D eigenvalue weighted by Gasteiger charge is -2.15. The third-order valence-corrected chi connectivity index (χ3v) is 5.67. The van der Waals surface area contributed by atoms with Gasteiger partial charge in [-0.15, -0.1) is 0 Å². The first-order valence-electron chi connectivity index (χ1n) is 8.73. The van der Waals surface area contributed by atoms with Crippen molar-refractivity contribution in [1.29, 1.82) is 0 Å². The number of imidazole rings is 1. The first-order valence-corrected chi connectivity index (χ1v) is 10.9. The molecule has 0 radical (unpaired) electrons. The molecule has 0 spiro atoms. The molecule has 0 fully saturated rings. The average Bonchev–Trinajstić information content (AvgIpc) is 3.22. The predicted octanol–water partition coefficient (Wildman–Crippen LogP) is 5.84. The van der Waals surface area contributed by atoms with E-state index in [0.29, 0.717) is 21.2 Å². The Balaban J connectivity index is 1.83. The molecule has 4 rings (SSSR count). The highest BCUT2D eigenvalue weighted by molar-refractivity contribution is 7.97. The van der Waals surface area contributed by atoms with Crippen molar-refractivity contribution in [2.75, 3.05) is 11.6 Å². The zero-order chi connectivity index (χ0) is 20.4. The molecular formula is C21H16Cl2N4OS. The van der Waals surface area contributed by atoms with Crippen LogP contribution in [0, 0.1) is 0 Å². The van der Waals surface area contributed by atoms with Crippen LogP contribution < -0.4 is 5.32 Å². The Bertz CT molecular complexity index is 1170. The second-order valence-corrected chi connectivity index (χ2v) is 7.97. The molecule has 29 heavy (non-hydrogen) atoms. The van der Waals surface area contributed by atoms with Crippen LogP contribution in [0.4, 0.5) is 5.69 Å². The molecule has 2 aromatic heterocycles. The first-order chi connectivity index (χ1) is 14.1. The van der Waals surface area contributed by atoms with Gasteiger partial charge < -0.3 is 9.88 Å². The number of thioether (sulfide) groups is 1. The smallest absolute Gasteiger partial charge is 0.258 e. The molecule has 0 bridgehead atoms. The van der Waals surface area contributed by atoms with Gasteiger partial charge in [0.15, 0.2) is 0 Å². The fourth-order valence-corrected chi connectivity index (χ4v) is 4.30. The number of rotatable bonds is 5. The summed E-state index contributed by atoms with van der Waals surface area (Å²) in [5.41, 5.74) is 3.58. The Morgan fingerprint density at radius 2 is 1.93 bits per heavy atom. The fourth-order valence-electron chi connectivity index (χ4n) is 3.21. The summed E-state index contributed by atoms with van der Waals surface area (Å²) in [6.07, 6.45) is 9.28. The van der Waals surface area contributed by atoms with Crippen molar-refractivity contribution in [3.8, 4) is 5.69 Å². The van der Waals surface area contributed by atoms with Gasteiger partial charge in [0.05, 0.1) is 38.8 Å². The molecular weight excluding hydrogens is 427 g/mol. The SMILES string of the molecule is CSCc1cnc2c(NC(=O)c3c(Cl)cccc3Cl)cccc2c1-n1ccnc1. The van der Waals surface area contributed by atoms with Gasteiger partial charge in [-0.05, 0) is 24.5 Å². The van der Waals surface area contributed by atoms with E-state index in [4.69, 9.17) is 23.2 Å². The molecule has 0 saturated carbocycles. The topological polar surface area (TPSA) is 59.8 Å². The molecule has 2 heterocycles. The molecule has 5 nitrogen and oxygen atoms in total. The summed E-state index contributed by atoms with van der Waals surface area (Å²) >= 11 is 14.1. The third kappa shape index (κ3) is 3.83. The number of pyridine rings is 1. The lowest BCUT2D eigenvalue weighted by molar-refractivity contribution is 0.102. The molecule has 8 heteroatoms. The van der Waals surface area contributed by atoms with Crippen LogP contribution in [-0.2, 0) is 5.75 Å². The van der Waals surface area contributed by atoms with Crippen LogP contribution in [0.25, 0.3) is 16.6 Å². The van der Waals surface area contributed by atoms with Crippen molar-refractivity contribution >= 4 is 57.5 Å². The highest BCUT2D eigenvalue weighted by atomic mass is 35.5. The predicted molar refractivity (Wildman–Crippen MR) is 120 cm³/mol. The Morgan fingerprint density at radius 3 is 2.62 bits per heavy atom. The normalized spacial score (nSPS) is 11.0. The van der Waals surface area contributed by atoms with E-state index in [2.05, 4.69) is 15.3 Å². The van der Waals surface area contributed by atoms with E-state index in [0.717, 1.165) is 22.4 Å². The molecule has 0 atom stereocenters. The van der Waals surface area contributed by atoms with Crippen LogP contribution in [0.3, 0.4) is 0 Å². The second-order valence-electron chi connectivity index (χ2n) is 6.29. The number of nitrogens with zero attached hydrogens (tertiary/aromatic N) is 3. The number of amides is 1. The molecule has 1 amide bonds. The maximum absolute atomic E-state index is 12.9. The quantitative estimate of drug-likeness (QED) is 0.421. The fraction of sp³-hybridized carbons (Fsp3) is 0.0952. The number of fused-ring (bicyclic) bond motifs is 1. The van der Waals surface area contributed by atoms with E-state index in [1.165, 1.54) is 0 Å². The standard InChI is InChI=1S/C21H16Cl2N4OS/c1-29-11-13-10-25-19-14(20(13)27-9-8-24-12-27)4-2-7-17(19)26-21(28)18-15(22)5-3-6-16(18)23/h2-10,12H,11H2,1H3,(H,26,28). The van der Waals surface area contributed by atoms with Gasteiger partial charge in [0.1, 0.15) is 0 Å². The molecule has 1 N–H and O–H groups in total. The number of benzene rings is 2. The first kappa shape index (κ1) is 19.8. The molecule has 0 unspecified atom stereocenters. The number of carbonyl (C=O) groups excluding carboxylic acids is 1. The summed E-state index contributed by atoms with van der Waals surface area (Å²) in [6, 6.07) is 10.7. The van der Waals surface area contributed by atoms with Crippen molar-refractivity contribution < 1.29 is 4.79 Å². The van der Waals surface area contributed by atoms with Crippen LogP contribution in [-0.4, -0.2) is 26.7 Å². The van der Waals surface area contributed by atoms with Crippen molar-refractivity contribution in [2.24, 2.45) is 0 Å². The monoisotopic (exact) mass is 442 g/mol. The minimum Gasteiger partial charge on any atom is -0.320 e. The average molecular weight is 443 g/mol. The largest absolute Gasteiger partial charge is 0.320 e. The summed E-state index contributed by atoms with van der Waals surface area (Å²) in [7, 11) is 0. The third-order valence-electron chi connectivity index (χ3n) is 4.45. The number of hydrogen-bond acceptors (Lipinski definition) is 4. The zero-order valence-corrected chi connectivity index (χ0v) is 17.7. The summed E-state index contributed by atoms with van der Waals surface area (Å²) in [6.45, 7) is 0.